The summed E-state index contributed by atoms with van der Waals surface area (Å²) >= 11 is 0. The SMILES string of the molecule is CCCON=C(CC)C1CCCCC1. The molecule has 0 aromatic carbocycles. The first kappa shape index (κ1) is 11.5. The van der Waals surface area contributed by atoms with Gasteiger partial charge in [0.1, 0.15) is 6.61 Å². The van der Waals surface area contributed by atoms with Gasteiger partial charge in [-0.15, -0.1) is 0 Å². The fourth-order valence-electron chi connectivity index (χ4n) is 2.08. The van der Waals surface area contributed by atoms with Crippen molar-refractivity contribution in [3.8, 4) is 0 Å². The normalized spacial score (nSPS) is 19.7. The first-order valence-electron chi connectivity index (χ1n) is 6.07. The number of rotatable bonds is 5. The van der Waals surface area contributed by atoms with E-state index < -0.39 is 0 Å². The molecule has 1 fully saturated rings. The van der Waals surface area contributed by atoms with Crippen LogP contribution in [0.1, 0.15) is 58.8 Å². The van der Waals surface area contributed by atoms with Gasteiger partial charge in [0.05, 0.1) is 5.71 Å². The molecule has 1 aliphatic rings. The molecule has 0 aromatic heterocycles. The van der Waals surface area contributed by atoms with Crippen LogP contribution >= 0.6 is 0 Å². The molecule has 2 heteroatoms. The lowest BCUT2D eigenvalue weighted by Gasteiger charge is -2.22. The maximum Gasteiger partial charge on any atom is 0.116 e. The zero-order chi connectivity index (χ0) is 10.2. The lowest BCUT2D eigenvalue weighted by Crippen LogP contribution is -2.17. The van der Waals surface area contributed by atoms with Gasteiger partial charge in [-0.25, -0.2) is 0 Å². The quantitative estimate of drug-likeness (QED) is 0.373. The van der Waals surface area contributed by atoms with Gasteiger partial charge in [-0.1, -0.05) is 38.3 Å². The smallest absolute Gasteiger partial charge is 0.116 e. The van der Waals surface area contributed by atoms with Crippen LogP contribution in [0.5, 0.6) is 0 Å². The van der Waals surface area contributed by atoms with Gasteiger partial charge in [-0.05, 0) is 25.7 Å². The summed E-state index contributed by atoms with van der Waals surface area (Å²) in [6.07, 6.45) is 8.89. The topological polar surface area (TPSA) is 21.6 Å². The zero-order valence-corrected chi connectivity index (χ0v) is 9.59. The highest BCUT2D eigenvalue weighted by Crippen LogP contribution is 2.26. The molecule has 1 saturated carbocycles. The number of hydrogen-bond acceptors (Lipinski definition) is 2. The van der Waals surface area contributed by atoms with Crippen molar-refractivity contribution >= 4 is 5.71 Å². The van der Waals surface area contributed by atoms with E-state index in [-0.39, 0.29) is 0 Å². The van der Waals surface area contributed by atoms with E-state index in [2.05, 4.69) is 19.0 Å². The molecule has 82 valence electrons. The molecule has 0 saturated heterocycles. The van der Waals surface area contributed by atoms with Crippen LogP contribution in [0.25, 0.3) is 0 Å². The van der Waals surface area contributed by atoms with Gasteiger partial charge in [0.15, 0.2) is 0 Å². The summed E-state index contributed by atoms with van der Waals surface area (Å²) in [6, 6.07) is 0. The van der Waals surface area contributed by atoms with E-state index in [1.165, 1.54) is 37.8 Å². The number of nitrogens with zero attached hydrogens (tertiary/aromatic N) is 1. The molecule has 0 amide bonds. The Morgan fingerprint density at radius 3 is 2.50 bits per heavy atom. The van der Waals surface area contributed by atoms with Gasteiger partial charge in [-0.2, -0.15) is 0 Å². The van der Waals surface area contributed by atoms with E-state index in [1.807, 2.05) is 0 Å². The predicted molar refractivity (Wildman–Crippen MR) is 60.5 cm³/mol. The molecule has 0 N–H and O–H groups in total. The van der Waals surface area contributed by atoms with Gasteiger partial charge in [-0.3, -0.25) is 0 Å². The molecule has 0 aliphatic heterocycles. The van der Waals surface area contributed by atoms with Gasteiger partial charge in [0.2, 0.25) is 0 Å². The lowest BCUT2D eigenvalue weighted by atomic mass is 9.85. The lowest BCUT2D eigenvalue weighted by molar-refractivity contribution is 0.142. The maximum atomic E-state index is 5.28. The Labute approximate surface area is 87.7 Å². The average molecular weight is 197 g/mol. The van der Waals surface area contributed by atoms with E-state index in [0.29, 0.717) is 5.92 Å². The molecule has 1 rings (SSSR count). The second kappa shape index (κ2) is 6.86. The minimum Gasteiger partial charge on any atom is -0.396 e. The van der Waals surface area contributed by atoms with Crippen LogP contribution in [0.4, 0.5) is 0 Å². The standard InChI is InChI=1S/C12H23NO/c1-3-10-14-13-12(4-2)11-8-6-5-7-9-11/h11H,3-10H2,1-2H3. The van der Waals surface area contributed by atoms with E-state index >= 15 is 0 Å². The van der Waals surface area contributed by atoms with Crippen molar-refractivity contribution in [3.63, 3.8) is 0 Å². The Morgan fingerprint density at radius 1 is 1.21 bits per heavy atom. The van der Waals surface area contributed by atoms with Crippen molar-refractivity contribution in [1.29, 1.82) is 0 Å². The van der Waals surface area contributed by atoms with Gasteiger partial charge >= 0.3 is 0 Å². The first-order valence-corrected chi connectivity index (χ1v) is 6.07. The van der Waals surface area contributed by atoms with E-state index in [0.717, 1.165) is 19.4 Å². The summed E-state index contributed by atoms with van der Waals surface area (Å²) in [4.78, 5) is 5.28. The first-order chi connectivity index (χ1) is 6.88. The van der Waals surface area contributed by atoms with Gasteiger partial charge in [0.25, 0.3) is 0 Å². The summed E-state index contributed by atoms with van der Waals surface area (Å²) in [6.45, 7) is 5.06. The predicted octanol–water partition coefficient (Wildman–Crippen LogP) is 3.76. The Bertz CT molecular complexity index is 171. The fourth-order valence-corrected chi connectivity index (χ4v) is 2.08. The van der Waals surface area contributed by atoms with Crippen LogP contribution in [0.2, 0.25) is 0 Å². The minimum atomic E-state index is 0.714. The highest BCUT2D eigenvalue weighted by Gasteiger charge is 2.18. The molecule has 0 unspecified atom stereocenters. The third-order valence-electron chi connectivity index (χ3n) is 2.92. The largest absolute Gasteiger partial charge is 0.396 e. The average Bonchev–Trinajstić information content (AvgIpc) is 2.26. The third kappa shape index (κ3) is 3.69. The molecule has 0 radical (unpaired) electrons. The van der Waals surface area contributed by atoms with Gasteiger partial charge < -0.3 is 4.84 Å². The highest BCUT2D eigenvalue weighted by molar-refractivity contribution is 5.86. The molecular weight excluding hydrogens is 174 g/mol. The van der Waals surface area contributed by atoms with Crippen molar-refractivity contribution in [1.82, 2.24) is 0 Å². The van der Waals surface area contributed by atoms with Crippen molar-refractivity contribution in [2.45, 2.75) is 58.8 Å². The summed E-state index contributed by atoms with van der Waals surface area (Å²) in [5.74, 6) is 0.714. The van der Waals surface area contributed by atoms with Crippen LogP contribution < -0.4 is 0 Å². The van der Waals surface area contributed by atoms with Crippen molar-refractivity contribution in [2.24, 2.45) is 11.1 Å². The zero-order valence-electron chi connectivity index (χ0n) is 9.59. The minimum absolute atomic E-state index is 0.714. The van der Waals surface area contributed by atoms with E-state index in [9.17, 15) is 0 Å². The molecule has 0 atom stereocenters. The highest BCUT2D eigenvalue weighted by atomic mass is 16.6. The monoisotopic (exact) mass is 197 g/mol. The maximum absolute atomic E-state index is 5.28. The Balaban J connectivity index is 2.38. The Morgan fingerprint density at radius 2 is 1.93 bits per heavy atom. The summed E-state index contributed by atoms with van der Waals surface area (Å²) in [7, 11) is 0. The van der Waals surface area contributed by atoms with Crippen molar-refractivity contribution < 1.29 is 4.84 Å². The Kier molecular flexibility index (Phi) is 5.65. The molecule has 0 heterocycles. The molecule has 0 spiro atoms. The van der Waals surface area contributed by atoms with Gasteiger partial charge in [0, 0.05) is 5.92 Å². The van der Waals surface area contributed by atoms with Crippen LogP contribution in [0.15, 0.2) is 5.16 Å². The summed E-state index contributed by atoms with van der Waals surface area (Å²) < 4.78 is 0. The van der Waals surface area contributed by atoms with Crippen molar-refractivity contribution in [3.05, 3.63) is 0 Å². The molecule has 2 nitrogen and oxygen atoms in total. The van der Waals surface area contributed by atoms with Crippen LogP contribution in [-0.2, 0) is 4.84 Å². The molecule has 0 bridgehead atoms. The third-order valence-corrected chi connectivity index (χ3v) is 2.92. The molecule has 1 aliphatic carbocycles. The number of oxime groups is 1. The van der Waals surface area contributed by atoms with Crippen LogP contribution in [0.3, 0.4) is 0 Å². The summed E-state index contributed by atoms with van der Waals surface area (Å²) in [5.41, 5.74) is 1.29. The summed E-state index contributed by atoms with van der Waals surface area (Å²) in [5, 5.41) is 4.27. The van der Waals surface area contributed by atoms with Crippen molar-refractivity contribution in [2.75, 3.05) is 6.61 Å². The molecule has 14 heavy (non-hydrogen) atoms. The second-order valence-electron chi connectivity index (χ2n) is 4.10. The Hall–Kier alpha value is -0.530. The fraction of sp³-hybridized carbons (Fsp3) is 0.917. The van der Waals surface area contributed by atoms with E-state index in [4.69, 9.17) is 4.84 Å². The van der Waals surface area contributed by atoms with Crippen LogP contribution in [-0.4, -0.2) is 12.3 Å². The molecular formula is C12H23NO. The second-order valence-corrected chi connectivity index (χ2v) is 4.10. The number of hydrogen-bond donors (Lipinski definition) is 0. The van der Waals surface area contributed by atoms with Crippen LogP contribution in [0, 0.1) is 5.92 Å². The molecule has 0 aromatic rings. The van der Waals surface area contributed by atoms with E-state index in [1.54, 1.807) is 0 Å².